The van der Waals surface area contributed by atoms with Gasteiger partial charge >= 0.3 is 0 Å². The Morgan fingerprint density at radius 2 is 2.07 bits per heavy atom. The van der Waals surface area contributed by atoms with Crippen LogP contribution >= 0.6 is 11.6 Å². The quantitative estimate of drug-likeness (QED) is 0.547. The summed E-state index contributed by atoms with van der Waals surface area (Å²) >= 11 is 5.90. The molecule has 0 atom stereocenters. The molecule has 0 spiro atoms. The molecule has 1 aromatic carbocycles. The number of allylic oxidation sites excluding steroid dienone is 2. The van der Waals surface area contributed by atoms with E-state index in [1.165, 1.54) is 12.8 Å². The van der Waals surface area contributed by atoms with E-state index in [2.05, 4.69) is 0 Å². The summed E-state index contributed by atoms with van der Waals surface area (Å²) in [5.41, 5.74) is 0.589. The predicted molar refractivity (Wildman–Crippen MR) is 57.6 cm³/mol. The Balaban J connectivity index is 2.13. The van der Waals surface area contributed by atoms with Crippen molar-refractivity contribution in [2.24, 2.45) is 5.92 Å². The fraction of sp³-hybridized carbons (Fsp3) is 0.250. The molecule has 0 amide bonds. The van der Waals surface area contributed by atoms with Gasteiger partial charge in [-0.25, -0.2) is 0 Å². The fourth-order valence-corrected chi connectivity index (χ4v) is 1.49. The summed E-state index contributed by atoms with van der Waals surface area (Å²) in [7, 11) is 0. The highest BCUT2D eigenvalue weighted by Crippen LogP contribution is 2.30. The molecule has 0 radical (unpaired) electrons. The molecule has 0 N–H and O–H groups in total. The van der Waals surface area contributed by atoms with Crippen molar-refractivity contribution in [2.75, 3.05) is 0 Å². The normalized spacial score (nSPS) is 16.1. The van der Waals surface area contributed by atoms with E-state index in [1.807, 2.05) is 18.2 Å². The number of halogens is 1. The molecule has 0 unspecified atom stereocenters. The van der Waals surface area contributed by atoms with Gasteiger partial charge < -0.3 is 0 Å². The summed E-state index contributed by atoms with van der Waals surface area (Å²) in [6, 6.07) is 7.13. The van der Waals surface area contributed by atoms with E-state index in [9.17, 15) is 4.79 Å². The van der Waals surface area contributed by atoms with Crippen molar-refractivity contribution < 1.29 is 4.79 Å². The highest BCUT2D eigenvalue weighted by atomic mass is 35.5. The predicted octanol–water partition coefficient (Wildman–Crippen LogP) is 3.49. The Morgan fingerprint density at radius 1 is 1.36 bits per heavy atom. The van der Waals surface area contributed by atoms with Crippen LogP contribution in [0.5, 0.6) is 0 Å². The zero-order chi connectivity index (χ0) is 9.97. The van der Waals surface area contributed by atoms with Crippen LogP contribution in [0.25, 0.3) is 0 Å². The highest BCUT2D eigenvalue weighted by Gasteiger charge is 2.18. The second kappa shape index (κ2) is 3.97. The molecular weight excluding hydrogens is 196 g/mol. The third-order valence-electron chi connectivity index (χ3n) is 2.28. The average Bonchev–Trinajstić information content (AvgIpc) is 2.98. The van der Waals surface area contributed by atoms with Crippen LogP contribution in [0, 0.1) is 5.92 Å². The van der Waals surface area contributed by atoms with E-state index >= 15 is 0 Å². The molecule has 0 aliphatic heterocycles. The maximum atomic E-state index is 11.6. The molecule has 1 aromatic rings. The molecule has 1 aliphatic carbocycles. The lowest BCUT2D eigenvalue weighted by Crippen LogP contribution is -1.94. The summed E-state index contributed by atoms with van der Waals surface area (Å²) in [4.78, 5) is 11.6. The van der Waals surface area contributed by atoms with Crippen LogP contribution in [0.1, 0.15) is 23.2 Å². The first-order valence-corrected chi connectivity index (χ1v) is 5.12. The molecule has 0 bridgehead atoms. The average molecular weight is 207 g/mol. The number of carbonyl (C=O) groups is 1. The second-order valence-electron chi connectivity index (χ2n) is 3.54. The van der Waals surface area contributed by atoms with E-state index in [-0.39, 0.29) is 5.78 Å². The van der Waals surface area contributed by atoms with Crippen molar-refractivity contribution in [3.8, 4) is 0 Å². The summed E-state index contributed by atoms with van der Waals surface area (Å²) in [6.45, 7) is 0. The Kier molecular flexibility index (Phi) is 2.69. The molecule has 72 valence electrons. The Bertz CT molecular complexity index is 378. The van der Waals surface area contributed by atoms with Crippen LogP contribution in [0.4, 0.5) is 0 Å². The monoisotopic (exact) mass is 206 g/mol. The first kappa shape index (κ1) is 9.47. The molecular formula is C12H11ClO. The van der Waals surface area contributed by atoms with Crippen molar-refractivity contribution in [1.29, 1.82) is 0 Å². The Morgan fingerprint density at radius 3 is 2.71 bits per heavy atom. The topological polar surface area (TPSA) is 17.1 Å². The molecule has 2 heteroatoms. The summed E-state index contributed by atoms with van der Waals surface area (Å²) in [5, 5.41) is 0.526. The number of hydrogen-bond acceptors (Lipinski definition) is 1. The summed E-state index contributed by atoms with van der Waals surface area (Å²) in [6.07, 6.45) is 6.04. The Hall–Kier alpha value is -1.08. The number of benzene rings is 1. The highest BCUT2D eigenvalue weighted by molar-refractivity contribution is 6.34. The van der Waals surface area contributed by atoms with Crippen LogP contribution in [-0.4, -0.2) is 5.78 Å². The lowest BCUT2D eigenvalue weighted by atomic mass is 10.1. The minimum absolute atomic E-state index is 0.00231. The molecule has 0 aromatic heterocycles. The van der Waals surface area contributed by atoms with Crippen molar-refractivity contribution in [1.82, 2.24) is 0 Å². The van der Waals surface area contributed by atoms with Crippen LogP contribution < -0.4 is 0 Å². The third-order valence-corrected chi connectivity index (χ3v) is 2.61. The number of hydrogen-bond donors (Lipinski definition) is 0. The fourth-order valence-electron chi connectivity index (χ4n) is 1.26. The maximum absolute atomic E-state index is 11.6. The van der Waals surface area contributed by atoms with Crippen LogP contribution in [-0.2, 0) is 0 Å². The molecule has 1 saturated carbocycles. The third kappa shape index (κ3) is 2.24. The van der Waals surface area contributed by atoms with Gasteiger partial charge in [0.15, 0.2) is 5.78 Å². The molecule has 0 saturated heterocycles. The zero-order valence-corrected chi connectivity index (χ0v) is 8.50. The summed E-state index contributed by atoms with van der Waals surface area (Å²) in [5.74, 6) is 0.629. The van der Waals surface area contributed by atoms with Crippen LogP contribution in [0.15, 0.2) is 36.4 Å². The lowest BCUT2D eigenvalue weighted by molar-refractivity contribution is 0.104. The van der Waals surface area contributed by atoms with E-state index in [4.69, 9.17) is 11.6 Å². The number of rotatable bonds is 3. The minimum atomic E-state index is 0.00231. The summed E-state index contributed by atoms with van der Waals surface area (Å²) < 4.78 is 0. The number of carbonyl (C=O) groups excluding carboxylic acids is 1. The van der Waals surface area contributed by atoms with Gasteiger partial charge in [0.1, 0.15) is 0 Å². The standard InChI is InChI=1S/C12H11ClO/c13-11-4-2-1-3-10(11)12(14)8-7-9-5-6-9/h1-4,7-9H,5-6H2. The van der Waals surface area contributed by atoms with Crippen molar-refractivity contribution in [3.05, 3.63) is 47.0 Å². The van der Waals surface area contributed by atoms with Gasteiger partial charge in [0, 0.05) is 5.56 Å². The smallest absolute Gasteiger partial charge is 0.187 e. The van der Waals surface area contributed by atoms with Gasteiger partial charge in [0.25, 0.3) is 0 Å². The lowest BCUT2D eigenvalue weighted by Gasteiger charge is -1.97. The largest absolute Gasteiger partial charge is 0.289 e. The van der Waals surface area contributed by atoms with Crippen molar-refractivity contribution in [2.45, 2.75) is 12.8 Å². The van der Waals surface area contributed by atoms with Crippen LogP contribution in [0.2, 0.25) is 5.02 Å². The van der Waals surface area contributed by atoms with E-state index in [0.717, 1.165) is 0 Å². The molecule has 1 aliphatic rings. The first-order chi connectivity index (χ1) is 6.77. The Labute approximate surface area is 88.4 Å². The minimum Gasteiger partial charge on any atom is -0.289 e. The van der Waals surface area contributed by atoms with Crippen molar-refractivity contribution in [3.63, 3.8) is 0 Å². The van der Waals surface area contributed by atoms with Crippen molar-refractivity contribution >= 4 is 17.4 Å². The molecule has 0 heterocycles. The van der Waals surface area contributed by atoms with Gasteiger partial charge in [-0.1, -0.05) is 29.8 Å². The van der Waals surface area contributed by atoms with Gasteiger partial charge in [0.2, 0.25) is 0 Å². The van der Waals surface area contributed by atoms with E-state index in [1.54, 1.807) is 18.2 Å². The molecule has 2 rings (SSSR count). The van der Waals surface area contributed by atoms with Gasteiger partial charge in [-0.05, 0) is 37.0 Å². The van der Waals surface area contributed by atoms with Gasteiger partial charge in [-0.15, -0.1) is 0 Å². The molecule has 1 nitrogen and oxygen atoms in total. The second-order valence-corrected chi connectivity index (χ2v) is 3.95. The number of ketones is 1. The van der Waals surface area contributed by atoms with E-state index in [0.29, 0.717) is 16.5 Å². The molecule has 14 heavy (non-hydrogen) atoms. The maximum Gasteiger partial charge on any atom is 0.187 e. The van der Waals surface area contributed by atoms with Gasteiger partial charge in [0.05, 0.1) is 5.02 Å². The first-order valence-electron chi connectivity index (χ1n) is 4.74. The van der Waals surface area contributed by atoms with Gasteiger partial charge in [-0.3, -0.25) is 4.79 Å². The zero-order valence-electron chi connectivity index (χ0n) is 7.74. The van der Waals surface area contributed by atoms with E-state index < -0.39 is 0 Å². The molecule has 1 fully saturated rings. The van der Waals surface area contributed by atoms with Gasteiger partial charge in [-0.2, -0.15) is 0 Å². The SMILES string of the molecule is O=C(C=CC1CC1)c1ccccc1Cl. The van der Waals surface area contributed by atoms with Crippen LogP contribution in [0.3, 0.4) is 0 Å².